The first-order valence-corrected chi connectivity index (χ1v) is 6.63. The van der Waals surface area contributed by atoms with Gasteiger partial charge in [-0.15, -0.1) is 0 Å². The minimum Gasteiger partial charge on any atom is -0.465 e. The van der Waals surface area contributed by atoms with Crippen molar-refractivity contribution >= 4 is 5.97 Å². The summed E-state index contributed by atoms with van der Waals surface area (Å²) in [6.45, 7) is 10.7. The largest absolute Gasteiger partial charge is 0.465 e. The molecule has 0 N–H and O–H groups in total. The van der Waals surface area contributed by atoms with Gasteiger partial charge in [0.15, 0.2) is 0 Å². The molecule has 0 aromatic carbocycles. The van der Waals surface area contributed by atoms with Gasteiger partial charge in [0.1, 0.15) is 0 Å². The van der Waals surface area contributed by atoms with Crippen molar-refractivity contribution in [3.05, 3.63) is 0 Å². The molecule has 0 radical (unpaired) electrons. The van der Waals surface area contributed by atoms with E-state index >= 15 is 0 Å². The molecule has 0 aliphatic carbocycles. The lowest BCUT2D eigenvalue weighted by Crippen LogP contribution is -2.34. The van der Waals surface area contributed by atoms with Gasteiger partial charge in [-0.2, -0.15) is 0 Å². The van der Waals surface area contributed by atoms with Crippen molar-refractivity contribution in [3.8, 4) is 0 Å². The maximum Gasteiger partial charge on any atom is 0.311 e. The summed E-state index contributed by atoms with van der Waals surface area (Å²) in [5, 5.41) is 0. The van der Waals surface area contributed by atoms with Crippen molar-refractivity contribution < 1.29 is 14.3 Å². The molecule has 2 rings (SSSR count). The van der Waals surface area contributed by atoms with Crippen molar-refractivity contribution in [1.82, 2.24) is 0 Å². The van der Waals surface area contributed by atoms with Crippen LogP contribution in [0, 0.1) is 23.2 Å². The summed E-state index contributed by atoms with van der Waals surface area (Å²) in [5.41, 5.74) is -0.405. The summed E-state index contributed by atoms with van der Waals surface area (Å²) in [6, 6.07) is 0. The van der Waals surface area contributed by atoms with Gasteiger partial charge in [-0.05, 0) is 39.0 Å². The molecule has 17 heavy (non-hydrogen) atoms. The van der Waals surface area contributed by atoms with Gasteiger partial charge in [-0.25, -0.2) is 0 Å². The zero-order valence-corrected chi connectivity index (χ0v) is 11.5. The van der Waals surface area contributed by atoms with Gasteiger partial charge in [-0.3, -0.25) is 4.79 Å². The molecule has 3 heteroatoms. The molecule has 0 aromatic heterocycles. The summed E-state index contributed by atoms with van der Waals surface area (Å²) in [7, 11) is 0. The number of esters is 1. The van der Waals surface area contributed by atoms with Crippen LogP contribution in [0.2, 0.25) is 0 Å². The van der Waals surface area contributed by atoms with Crippen molar-refractivity contribution in [2.24, 2.45) is 23.2 Å². The molecular formula is C14H24O3. The Bertz CT molecular complexity index is 303. The third-order valence-corrected chi connectivity index (χ3v) is 4.31. The molecule has 0 amide bonds. The van der Waals surface area contributed by atoms with Crippen LogP contribution in [0.25, 0.3) is 0 Å². The zero-order valence-electron chi connectivity index (χ0n) is 11.5. The van der Waals surface area contributed by atoms with E-state index in [1.54, 1.807) is 0 Å². The number of fused-ring (bicyclic) bond motifs is 2. The predicted octanol–water partition coefficient (Wildman–Crippen LogP) is 2.64. The topological polar surface area (TPSA) is 35.5 Å². The minimum atomic E-state index is -0.405. The first-order chi connectivity index (χ1) is 7.80. The van der Waals surface area contributed by atoms with Crippen LogP contribution >= 0.6 is 0 Å². The van der Waals surface area contributed by atoms with Crippen LogP contribution < -0.4 is 0 Å². The molecule has 2 saturated heterocycles. The van der Waals surface area contributed by atoms with Crippen molar-refractivity contribution in [2.45, 2.75) is 53.2 Å². The summed E-state index contributed by atoms with van der Waals surface area (Å²) in [5.74, 6) is 1.53. The van der Waals surface area contributed by atoms with E-state index in [2.05, 4.69) is 13.8 Å². The molecular weight excluding hydrogens is 216 g/mol. The minimum absolute atomic E-state index is 0.110. The van der Waals surface area contributed by atoms with Crippen LogP contribution in [-0.2, 0) is 14.3 Å². The zero-order chi connectivity index (χ0) is 12.8. The van der Waals surface area contributed by atoms with Crippen LogP contribution in [0.4, 0.5) is 0 Å². The van der Waals surface area contributed by atoms with E-state index in [1.807, 2.05) is 20.8 Å². The third kappa shape index (κ3) is 2.35. The average Bonchev–Trinajstić information content (AvgIpc) is 2.75. The molecule has 2 aliphatic rings. The molecule has 2 heterocycles. The number of carbonyl (C=O) groups excluding carboxylic acids is 1. The van der Waals surface area contributed by atoms with Crippen LogP contribution in [0.15, 0.2) is 0 Å². The van der Waals surface area contributed by atoms with Crippen LogP contribution in [0.3, 0.4) is 0 Å². The van der Waals surface area contributed by atoms with Crippen LogP contribution in [0.1, 0.15) is 41.0 Å². The molecule has 0 aromatic rings. The predicted molar refractivity (Wildman–Crippen MR) is 65.5 cm³/mol. The average molecular weight is 240 g/mol. The highest BCUT2D eigenvalue weighted by atomic mass is 16.5. The quantitative estimate of drug-likeness (QED) is 0.696. The van der Waals surface area contributed by atoms with Gasteiger partial charge in [0.2, 0.25) is 0 Å². The first-order valence-electron chi connectivity index (χ1n) is 6.63. The van der Waals surface area contributed by atoms with E-state index in [9.17, 15) is 4.79 Å². The fourth-order valence-corrected chi connectivity index (χ4v) is 2.89. The molecule has 0 spiro atoms. The fraction of sp³-hybridized carbons (Fsp3) is 0.929. The highest BCUT2D eigenvalue weighted by Crippen LogP contribution is 2.46. The van der Waals surface area contributed by atoms with Crippen LogP contribution in [-0.4, -0.2) is 24.8 Å². The molecule has 0 saturated carbocycles. The van der Waals surface area contributed by atoms with Gasteiger partial charge in [0, 0.05) is 5.92 Å². The van der Waals surface area contributed by atoms with E-state index in [-0.39, 0.29) is 5.97 Å². The second-order valence-electron chi connectivity index (χ2n) is 6.70. The highest BCUT2D eigenvalue weighted by molar-refractivity contribution is 5.75. The Hall–Kier alpha value is -0.570. The van der Waals surface area contributed by atoms with Gasteiger partial charge in [0.25, 0.3) is 0 Å². The van der Waals surface area contributed by atoms with Crippen molar-refractivity contribution in [3.63, 3.8) is 0 Å². The molecule has 2 bridgehead atoms. The summed E-state index contributed by atoms with van der Waals surface area (Å²) in [6.07, 6.45) is 1.73. The molecule has 2 fully saturated rings. The van der Waals surface area contributed by atoms with Gasteiger partial charge < -0.3 is 9.47 Å². The van der Waals surface area contributed by atoms with Crippen LogP contribution in [0.5, 0.6) is 0 Å². The second kappa shape index (κ2) is 4.27. The summed E-state index contributed by atoms with van der Waals surface area (Å²) < 4.78 is 11.3. The normalized spacial score (nSPS) is 40.6. The smallest absolute Gasteiger partial charge is 0.311 e. The Morgan fingerprint density at radius 3 is 2.41 bits per heavy atom. The SMILES string of the molecule is CC1C2CC(COC(=O)C(C)(C)C)C(O2)C1C. The maximum atomic E-state index is 11.7. The standard InChI is InChI=1S/C14H24O3/c1-8-9(2)12-10(6-11(8)17-12)7-16-13(15)14(3,4)5/h8-12H,6-7H2,1-5H3. The Balaban J connectivity index is 1.85. The number of hydrogen-bond acceptors (Lipinski definition) is 3. The Morgan fingerprint density at radius 1 is 1.29 bits per heavy atom. The van der Waals surface area contributed by atoms with Crippen molar-refractivity contribution in [1.29, 1.82) is 0 Å². The van der Waals surface area contributed by atoms with Gasteiger partial charge in [-0.1, -0.05) is 13.8 Å². The number of ether oxygens (including phenoxy) is 2. The lowest BCUT2D eigenvalue weighted by Gasteiger charge is -2.28. The Morgan fingerprint density at radius 2 is 1.94 bits per heavy atom. The van der Waals surface area contributed by atoms with E-state index in [0.29, 0.717) is 36.6 Å². The number of rotatable bonds is 2. The summed E-state index contributed by atoms with van der Waals surface area (Å²) in [4.78, 5) is 11.7. The lowest BCUT2D eigenvalue weighted by atomic mass is 9.76. The number of carbonyl (C=O) groups is 1. The van der Waals surface area contributed by atoms with E-state index < -0.39 is 5.41 Å². The monoisotopic (exact) mass is 240 g/mol. The molecule has 3 nitrogen and oxygen atoms in total. The Kier molecular flexibility index (Phi) is 3.23. The Labute approximate surface area is 104 Å². The van der Waals surface area contributed by atoms with Gasteiger partial charge >= 0.3 is 5.97 Å². The third-order valence-electron chi connectivity index (χ3n) is 4.31. The second-order valence-corrected chi connectivity index (χ2v) is 6.70. The highest BCUT2D eigenvalue weighted by Gasteiger charge is 2.50. The van der Waals surface area contributed by atoms with Gasteiger partial charge in [0.05, 0.1) is 24.2 Å². The molecule has 2 aliphatic heterocycles. The van der Waals surface area contributed by atoms with E-state index in [4.69, 9.17) is 9.47 Å². The maximum absolute atomic E-state index is 11.7. The van der Waals surface area contributed by atoms with E-state index in [0.717, 1.165) is 6.42 Å². The fourth-order valence-electron chi connectivity index (χ4n) is 2.89. The number of hydrogen-bond donors (Lipinski definition) is 0. The molecule has 5 unspecified atom stereocenters. The first kappa shape index (κ1) is 12.9. The summed E-state index contributed by atoms with van der Waals surface area (Å²) >= 11 is 0. The van der Waals surface area contributed by atoms with Crippen molar-refractivity contribution in [2.75, 3.05) is 6.61 Å². The van der Waals surface area contributed by atoms with E-state index in [1.165, 1.54) is 0 Å². The lowest BCUT2D eigenvalue weighted by molar-refractivity contribution is -0.155. The molecule has 98 valence electrons. The molecule has 5 atom stereocenters.